The van der Waals surface area contributed by atoms with Crippen molar-refractivity contribution in [1.29, 1.82) is 0 Å². The van der Waals surface area contributed by atoms with Gasteiger partial charge in [0, 0.05) is 47.9 Å². The van der Waals surface area contributed by atoms with Crippen molar-refractivity contribution in [2.24, 2.45) is 0 Å². The molecule has 1 saturated heterocycles. The van der Waals surface area contributed by atoms with Crippen LogP contribution in [0.1, 0.15) is 23.4 Å². The Hall–Kier alpha value is -2.24. The predicted molar refractivity (Wildman–Crippen MR) is 101 cm³/mol. The fraction of sp³-hybridized carbons (Fsp3) is 0.300. The number of aromatic nitrogens is 1. The van der Waals surface area contributed by atoms with E-state index in [4.69, 9.17) is 0 Å². The molecule has 5 heteroatoms. The lowest BCUT2D eigenvalue weighted by molar-refractivity contribution is -0.119. The number of thiophene rings is 1. The third-order valence-electron chi connectivity index (χ3n) is 4.53. The molecule has 0 unspecified atom stereocenters. The summed E-state index contributed by atoms with van der Waals surface area (Å²) in [6.45, 7) is 2.53. The van der Waals surface area contributed by atoms with Gasteiger partial charge in [-0.25, -0.2) is 0 Å². The summed E-state index contributed by atoms with van der Waals surface area (Å²) in [4.78, 5) is 19.7. The zero-order valence-corrected chi connectivity index (χ0v) is 14.8. The van der Waals surface area contributed by atoms with E-state index in [-0.39, 0.29) is 11.9 Å². The van der Waals surface area contributed by atoms with Crippen molar-refractivity contribution in [1.82, 2.24) is 15.2 Å². The van der Waals surface area contributed by atoms with E-state index in [1.54, 1.807) is 0 Å². The molecule has 3 aromatic rings. The first-order chi connectivity index (χ1) is 12.3. The first-order valence-corrected chi connectivity index (χ1v) is 9.47. The van der Waals surface area contributed by atoms with Crippen LogP contribution < -0.4 is 5.32 Å². The van der Waals surface area contributed by atoms with Crippen LogP contribution in [0.25, 0.3) is 10.1 Å². The van der Waals surface area contributed by atoms with E-state index < -0.39 is 0 Å². The monoisotopic (exact) mass is 351 g/mol. The fourth-order valence-electron chi connectivity index (χ4n) is 3.37. The molecule has 0 radical (unpaired) electrons. The summed E-state index contributed by atoms with van der Waals surface area (Å²) in [6, 6.07) is 17.0. The highest BCUT2D eigenvalue weighted by Crippen LogP contribution is 2.27. The highest BCUT2D eigenvalue weighted by Gasteiger charge is 2.23. The zero-order chi connectivity index (χ0) is 17.1. The maximum absolute atomic E-state index is 11.5. The molecule has 0 bridgehead atoms. The van der Waals surface area contributed by atoms with Gasteiger partial charge in [-0.05, 0) is 36.1 Å². The molecular weight excluding hydrogens is 330 g/mol. The van der Waals surface area contributed by atoms with Gasteiger partial charge in [0.1, 0.15) is 0 Å². The van der Waals surface area contributed by atoms with Gasteiger partial charge in [-0.1, -0.05) is 24.3 Å². The smallest absolute Gasteiger partial charge is 0.220 e. The molecule has 2 aromatic heterocycles. The van der Waals surface area contributed by atoms with E-state index in [1.165, 1.54) is 15.0 Å². The summed E-state index contributed by atoms with van der Waals surface area (Å²) in [5, 5.41) is 4.39. The Labute approximate surface area is 151 Å². The Morgan fingerprint density at radius 3 is 2.80 bits per heavy atom. The Kier molecular flexibility index (Phi) is 4.76. The minimum atomic E-state index is 0.171. The first kappa shape index (κ1) is 16.2. The van der Waals surface area contributed by atoms with Crippen molar-refractivity contribution in [3.05, 3.63) is 65.3 Å². The molecule has 1 aliphatic heterocycles. The number of hydrogen-bond donors (Lipinski definition) is 1. The molecule has 1 fully saturated rings. The number of rotatable bonds is 6. The van der Waals surface area contributed by atoms with Crippen molar-refractivity contribution in [2.75, 3.05) is 6.54 Å². The highest BCUT2D eigenvalue weighted by molar-refractivity contribution is 7.19. The van der Waals surface area contributed by atoms with Crippen LogP contribution in [0.2, 0.25) is 0 Å². The lowest BCUT2D eigenvalue weighted by Crippen LogP contribution is -2.38. The summed E-state index contributed by atoms with van der Waals surface area (Å²) >= 11 is 1.85. The number of pyridine rings is 1. The molecule has 25 heavy (non-hydrogen) atoms. The van der Waals surface area contributed by atoms with Gasteiger partial charge in [-0.3, -0.25) is 14.7 Å². The largest absolute Gasteiger partial charge is 0.352 e. The van der Waals surface area contributed by atoms with Crippen molar-refractivity contribution in [3.8, 4) is 0 Å². The van der Waals surface area contributed by atoms with Crippen molar-refractivity contribution in [3.63, 3.8) is 0 Å². The van der Waals surface area contributed by atoms with Gasteiger partial charge in [-0.2, -0.15) is 0 Å². The van der Waals surface area contributed by atoms with E-state index in [9.17, 15) is 4.79 Å². The molecule has 1 aromatic carbocycles. The number of carbonyl (C=O) groups excluding carboxylic acids is 1. The molecule has 1 aliphatic rings. The second-order valence-corrected chi connectivity index (χ2v) is 7.71. The summed E-state index contributed by atoms with van der Waals surface area (Å²) in [5.41, 5.74) is 1.06. The normalized spacial score (nSPS) is 17.3. The summed E-state index contributed by atoms with van der Waals surface area (Å²) in [7, 11) is 0. The molecule has 0 saturated carbocycles. The molecule has 4 nitrogen and oxygen atoms in total. The molecule has 0 spiro atoms. The van der Waals surface area contributed by atoms with Crippen LogP contribution >= 0.6 is 11.3 Å². The quantitative estimate of drug-likeness (QED) is 0.738. The second-order valence-electron chi connectivity index (χ2n) is 6.54. The Morgan fingerprint density at radius 2 is 2.04 bits per heavy atom. The summed E-state index contributed by atoms with van der Waals surface area (Å²) < 4.78 is 1.32. The maximum Gasteiger partial charge on any atom is 0.220 e. The van der Waals surface area contributed by atoms with E-state index in [0.29, 0.717) is 6.42 Å². The lowest BCUT2D eigenvalue weighted by atomic mass is 10.2. The third kappa shape index (κ3) is 4.06. The molecule has 4 rings (SSSR count). The predicted octanol–water partition coefficient (Wildman–Crippen LogP) is 3.58. The lowest BCUT2D eigenvalue weighted by Gasteiger charge is -2.24. The molecule has 1 atom stereocenters. The molecule has 3 heterocycles. The van der Waals surface area contributed by atoms with Gasteiger partial charge in [-0.15, -0.1) is 11.3 Å². The number of amides is 1. The van der Waals surface area contributed by atoms with Gasteiger partial charge in [0.25, 0.3) is 0 Å². The minimum absolute atomic E-state index is 0.171. The van der Waals surface area contributed by atoms with Crippen LogP contribution in [-0.2, 0) is 17.9 Å². The SMILES string of the molecule is O=C1CC[C@@H](CN(Cc2ccccn2)Cc2cc3ccccc3s2)N1. The van der Waals surface area contributed by atoms with Crippen LogP contribution in [0.15, 0.2) is 54.7 Å². The Morgan fingerprint density at radius 1 is 1.16 bits per heavy atom. The molecule has 0 aliphatic carbocycles. The Balaban J connectivity index is 1.52. The van der Waals surface area contributed by atoms with Crippen molar-refractivity contribution in [2.45, 2.75) is 32.0 Å². The van der Waals surface area contributed by atoms with Crippen LogP contribution in [0.5, 0.6) is 0 Å². The van der Waals surface area contributed by atoms with Gasteiger partial charge in [0.05, 0.1) is 5.69 Å². The molecule has 1 amide bonds. The molecule has 128 valence electrons. The average molecular weight is 351 g/mol. The van der Waals surface area contributed by atoms with E-state index in [2.05, 4.69) is 51.6 Å². The van der Waals surface area contributed by atoms with Gasteiger partial charge < -0.3 is 5.32 Å². The number of benzene rings is 1. The number of nitrogens with one attached hydrogen (secondary N) is 1. The number of hydrogen-bond acceptors (Lipinski definition) is 4. The van der Waals surface area contributed by atoms with Crippen molar-refractivity contribution < 1.29 is 4.79 Å². The summed E-state index contributed by atoms with van der Waals surface area (Å²) in [5.74, 6) is 0.171. The van der Waals surface area contributed by atoms with E-state index >= 15 is 0 Å². The second kappa shape index (κ2) is 7.33. The maximum atomic E-state index is 11.5. The van der Waals surface area contributed by atoms with Gasteiger partial charge in [0.2, 0.25) is 5.91 Å². The molecule has 1 N–H and O–H groups in total. The van der Waals surface area contributed by atoms with Crippen LogP contribution in [-0.4, -0.2) is 28.4 Å². The number of nitrogens with zero attached hydrogens (tertiary/aromatic N) is 2. The summed E-state index contributed by atoms with van der Waals surface area (Å²) in [6.07, 6.45) is 3.40. The van der Waals surface area contributed by atoms with Crippen molar-refractivity contribution >= 4 is 27.3 Å². The zero-order valence-electron chi connectivity index (χ0n) is 14.0. The fourth-order valence-corrected chi connectivity index (χ4v) is 4.47. The topological polar surface area (TPSA) is 45.2 Å². The average Bonchev–Trinajstić information content (AvgIpc) is 3.21. The number of carbonyl (C=O) groups is 1. The van der Waals surface area contributed by atoms with Gasteiger partial charge >= 0.3 is 0 Å². The standard InChI is InChI=1S/C20H21N3OS/c24-20-9-8-17(22-20)13-23(12-16-6-3-4-10-21-16)14-18-11-15-5-1-2-7-19(15)25-18/h1-7,10-11,17H,8-9,12-14H2,(H,22,24)/t17-/m0/s1. The first-order valence-electron chi connectivity index (χ1n) is 8.65. The van der Waals surface area contributed by atoms with E-state index in [1.807, 2.05) is 29.7 Å². The van der Waals surface area contributed by atoms with Crippen LogP contribution in [0, 0.1) is 0 Å². The van der Waals surface area contributed by atoms with Crippen LogP contribution in [0.4, 0.5) is 0 Å². The molecular formula is C20H21N3OS. The third-order valence-corrected chi connectivity index (χ3v) is 5.63. The van der Waals surface area contributed by atoms with E-state index in [0.717, 1.165) is 31.7 Å². The Bertz CT molecular complexity index is 829. The minimum Gasteiger partial charge on any atom is -0.352 e. The highest BCUT2D eigenvalue weighted by atomic mass is 32.1. The number of fused-ring (bicyclic) bond motifs is 1. The van der Waals surface area contributed by atoms with Gasteiger partial charge in [0.15, 0.2) is 0 Å². The van der Waals surface area contributed by atoms with Crippen LogP contribution in [0.3, 0.4) is 0 Å².